The van der Waals surface area contributed by atoms with E-state index in [2.05, 4.69) is 29.3 Å². The highest BCUT2D eigenvalue weighted by Crippen LogP contribution is 2.15. The van der Waals surface area contributed by atoms with Gasteiger partial charge in [-0.25, -0.2) is 8.78 Å². The lowest BCUT2D eigenvalue weighted by atomic mass is 10.1. The van der Waals surface area contributed by atoms with Gasteiger partial charge in [0.25, 0.3) is 0 Å². The third-order valence-electron chi connectivity index (χ3n) is 3.80. The van der Waals surface area contributed by atoms with E-state index >= 15 is 0 Å². The van der Waals surface area contributed by atoms with Crippen LogP contribution in [0.4, 0.5) is 8.78 Å². The van der Waals surface area contributed by atoms with Crippen molar-refractivity contribution in [2.45, 2.75) is 39.5 Å². The highest BCUT2D eigenvalue weighted by molar-refractivity contribution is 5.82. The van der Waals surface area contributed by atoms with Gasteiger partial charge in [0.15, 0.2) is 0 Å². The van der Waals surface area contributed by atoms with Gasteiger partial charge in [0.1, 0.15) is 11.6 Å². The maximum absolute atomic E-state index is 13.7. The normalized spacial score (nSPS) is 11.7. The lowest BCUT2D eigenvalue weighted by Crippen LogP contribution is -1.96. The Bertz CT molecular complexity index is 696. The first-order chi connectivity index (χ1) is 11.6. The molecule has 0 radical (unpaired) electrons. The number of hydrogen-bond acceptors (Lipinski definition) is 2. The highest BCUT2D eigenvalue weighted by Gasteiger charge is 2.08. The Kier molecular flexibility index (Phi) is 6.79. The van der Waals surface area contributed by atoms with Gasteiger partial charge in [-0.15, -0.1) is 0 Å². The van der Waals surface area contributed by atoms with E-state index in [-0.39, 0.29) is 5.56 Å². The first kappa shape index (κ1) is 18.0. The Labute approximate surface area is 141 Å². The molecule has 0 aliphatic carbocycles. The summed E-state index contributed by atoms with van der Waals surface area (Å²) in [6.45, 7) is 3.89. The first-order valence-corrected chi connectivity index (χ1v) is 8.27. The van der Waals surface area contributed by atoms with Crippen LogP contribution < -0.4 is 0 Å². The van der Waals surface area contributed by atoms with Crippen LogP contribution in [0.15, 0.2) is 46.6 Å². The molecule has 0 N–H and O–H groups in total. The highest BCUT2D eigenvalue weighted by atomic mass is 19.1. The summed E-state index contributed by atoms with van der Waals surface area (Å²) in [7, 11) is 0. The van der Waals surface area contributed by atoms with Crippen molar-refractivity contribution in [2.75, 3.05) is 0 Å². The van der Waals surface area contributed by atoms with Crippen molar-refractivity contribution >= 4 is 12.4 Å². The minimum Gasteiger partial charge on any atom is -0.207 e. The van der Waals surface area contributed by atoms with Gasteiger partial charge in [-0.05, 0) is 42.5 Å². The molecule has 0 spiro atoms. The van der Waals surface area contributed by atoms with E-state index in [1.54, 1.807) is 13.1 Å². The van der Waals surface area contributed by atoms with Gasteiger partial charge >= 0.3 is 0 Å². The van der Waals surface area contributed by atoms with Crippen molar-refractivity contribution in [1.29, 1.82) is 0 Å². The average Bonchev–Trinajstić information content (AvgIpc) is 2.58. The van der Waals surface area contributed by atoms with Gasteiger partial charge in [-0.3, -0.25) is 0 Å². The predicted octanol–water partition coefficient (Wildman–Crippen LogP) is 5.32. The lowest BCUT2D eigenvalue weighted by Gasteiger charge is -2.02. The van der Waals surface area contributed by atoms with Crippen molar-refractivity contribution < 1.29 is 8.78 Å². The smallest absolute Gasteiger partial charge is 0.129 e. The van der Waals surface area contributed by atoms with Gasteiger partial charge in [-0.2, -0.15) is 10.2 Å². The number of benzene rings is 2. The van der Waals surface area contributed by atoms with Gasteiger partial charge < -0.3 is 0 Å². The zero-order valence-electron chi connectivity index (χ0n) is 14.1. The van der Waals surface area contributed by atoms with E-state index in [0.29, 0.717) is 12.0 Å². The molecule has 0 unspecified atom stereocenters. The summed E-state index contributed by atoms with van der Waals surface area (Å²) in [6.07, 6.45) is 6.73. The molecule has 126 valence electrons. The van der Waals surface area contributed by atoms with E-state index < -0.39 is 11.6 Å². The molecule has 0 bridgehead atoms. The molecule has 2 nitrogen and oxygen atoms in total. The van der Waals surface area contributed by atoms with Crippen molar-refractivity contribution in [3.8, 4) is 0 Å². The van der Waals surface area contributed by atoms with Crippen molar-refractivity contribution in [3.05, 3.63) is 70.3 Å². The number of nitrogens with zero attached hydrogens (tertiary/aromatic N) is 2. The summed E-state index contributed by atoms with van der Waals surface area (Å²) in [5.74, 6) is -1.10. The largest absolute Gasteiger partial charge is 0.207 e. The molecule has 2 rings (SSSR count). The van der Waals surface area contributed by atoms with E-state index in [1.807, 2.05) is 12.1 Å². The van der Waals surface area contributed by atoms with Crippen LogP contribution in [0, 0.1) is 11.6 Å². The summed E-state index contributed by atoms with van der Waals surface area (Å²) in [4.78, 5) is 0. The fraction of sp³-hybridized carbons (Fsp3) is 0.300. The van der Waals surface area contributed by atoms with E-state index in [0.717, 1.165) is 12.0 Å². The molecule has 4 heteroatoms. The maximum atomic E-state index is 13.7. The zero-order chi connectivity index (χ0) is 17.4. The van der Waals surface area contributed by atoms with Crippen LogP contribution >= 0.6 is 0 Å². The molecule has 0 saturated heterocycles. The molecule has 2 aromatic carbocycles. The number of hydrogen-bond donors (Lipinski definition) is 0. The van der Waals surface area contributed by atoms with Gasteiger partial charge in [-0.1, -0.05) is 44.5 Å². The molecule has 0 aliphatic heterocycles. The summed E-state index contributed by atoms with van der Waals surface area (Å²) in [5, 5.41) is 7.79. The molecule has 0 amide bonds. The monoisotopic (exact) mass is 328 g/mol. The summed E-state index contributed by atoms with van der Waals surface area (Å²) in [5.41, 5.74) is 2.69. The topological polar surface area (TPSA) is 24.7 Å². The molecule has 2 aromatic rings. The summed E-state index contributed by atoms with van der Waals surface area (Å²) >= 11 is 0. The van der Waals surface area contributed by atoms with Crippen LogP contribution in [0.2, 0.25) is 0 Å². The number of unbranched alkanes of at least 4 members (excludes halogenated alkanes) is 1. The zero-order valence-corrected chi connectivity index (χ0v) is 14.1. The molecule has 0 aromatic heterocycles. The fourth-order valence-electron chi connectivity index (χ4n) is 2.39. The Morgan fingerprint density at radius 1 is 0.875 bits per heavy atom. The number of rotatable bonds is 7. The number of aryl methyl sites for hydroxylation is 1. The van der Waals surface area contributed by atoms with E-state index in [1.165, 1.54) is 36.8 Å². The fourth-order valence-corrected chi connectivity index (χ4v) is 2.39. The first-order valence-electron chi connectivity index (χ1n) is 8.27. The molecule has 24 heavy (non-hydrogen) atoms. The molecule has 0 atom stereocenters. The van der Waals surface area contributed by atoms with Crippen molar-refractivity contribution in [1.82, 2.24) is 0 Å². The van der Waals surface area contributed by atoms with Crippen LogP contribution in [0.25, 0.3) is 0 Å². The van der Waals surface area contributed by atoms with Crippen molar-refractivity contribution in [3.63, 3.8) is 0 Å². The minimum atomic E-state index is -0.550. The minimum absolute atomic E-state index is 0.0961. The van der Waals surface area contributed by atoms with Gasteiger partial charge in [0.05, 0.1) is 12.4 Å². The predicted molar refractivity (Wildman–Crippen MR) is 96.0 cm³/mol. The van der Waals surface area contributed by atoms with Crippen LogP contribution in [-0.4, -0.2) is 12.4 Å². The third kappa shape index (κ3) is 5.08. The van der Waals surface area contributed by atoms with Crippen LogP contribution in [0.5, 0.6) is 0 Å². The quantitative estimate of drug-likeness (QED) is 0.485. The Morgan fingerprint density at radius 2 is 1.46 bits per heavy atom. The van der Waals surface area contributed by atoms with E-state index in [9.17, 15) is 8.78 Å². The Morgan fingerprint density at radius 3 is 2.00 bits per heavy atom. The Hall–Kier alpha value is -2.36. The maximum Gasteiger partial charge on any atom is 0.129 e. The third-order valence-corrected chi connectivity index (χ3v) is 3.80. The van der Waals surface area contributed by atoms with Crippen molar-refractivity contribution in [2.24, 2.45) is 10.2 Å². The van der Waals surface area contributed by atoms with Gasteiger partial charge in [0, 0.05) is 11.1 Å². The second-order valence-corrected chi connectivity index (χ2v) is 5.65. The SMILES string of the molecule is CCCCc1ccc(C=NN=Cc2cc(F)c(CC)c(F)c2)cc1. The molecule has 0 saturated carbocycles. The molecule has 0 heterocycles. The van der Waals surface area contributed by atoms with Crippen LogP contribution in [0.1, 0.15) is 48.9 Å². The average molecular weight is 328 g/mol. The molecule has 0 fully saturated rings. The van der Waals surface area contributed by atoms with Crippen LogP contribution in [-0.2, 0) is 12.8 Å². The standard InChI is InChI=1S/C20H22F2N2/c1-3-5-6-15-7-9-16(10-8-15)13-23-24-14-17-11-19(21)18(4-2)20(22)12-17/h7-14H,3-6H2,1-2H3. The second kappa shape index (κ2) is 9.06. The molecule has 0 aliphatic rings. The Balaban J connectivity index is 1.99. The summed E-state index contributed by atoms with van der Waals surface area (Å²) in [6, 6.07) is 10.7. The summed E-state index contributed by atoms with van der Waals surface area (Å²) < 4.78 is 27.3. The molecular weight excluding hydrogens is 306 g/mol. The van der Waals surface area contributed by atoms with Gasteiger partial charge in [0.2, 0.25) is 0 Å². The lowest BCUT2D eigenvalue weighted by molar-refractivity contribution is 0.558. The van der Waals surface area contributed by atoms with E-state index in [4.69, 9.17) is 0 Å². The second-order valence-electron chi connectivity index (χ2n) is 5.65. The van der Waals surface area contributed by atoms with Crippen LogP contribution in [0.3, 0.4) is 0 Å². The number of halogens is 2. The molecular formula is C20H22F2N2.